The summed E-state index contributed by atoms with van der Waals surface area (Å²) in [6.45, 7) is 0.560. The molecule has 0 unspecified atom stereocenters. The largest absolute Gasteiger partial charge is 0.507 e. The lowest BCUT2D eigenvalue weighted by atomic mass is 10.2. The topological polar surface area (TPSA) is 55.8 Å². The van der Waals surface area contributed by atoms with Gasteiger partial charge < -0.3 is 14.6 Å². The molecular formula is C7H14O4. The molecule has 0 aliphatic rings. The number of methoxy groups -OCH3 is 1. The Labute approximate surface area is 66.1 Å². The predicted molar refractivity (Wildman–Crippen MR) is 39.3 cm³/mol. The van der Waals surface area contributed by atoms with Gasteiger partial charge in [-0.15, -0.1) is 0 Å². The maximum atomic E-state index is 10.4. The molecule has 0 heterocycles. The first kappa shape index (κ1) is 10.2. The number of rotatable bonds is 5. The average Bonchev–Trinajstić information content (AvgIpc) is 2.04. The first-order chi connectivity index (χ1) is 5.31. The van der Waals surface area contributed by atoms with E-state index in [4.69, 9.17) is 5.11 Å². The first-order valence-electron chi connectivity index (χ1n) is 3.63. The van der Waals surface area contributed by atoms with Gasteiger partial charge in [-0.25, -0.2) is 4.79 Å². The van der Waals surface area contributed by atoms with Crippen molar-refractivity contribution in [2.45, 2.75) is 19.3 Å². The maximum Gasteiger partial charge on any atom is 0.507 e. The van der Waals surface area contributed by atoms with Crippen LogP contribution >= 0.6 is 0 Å². The SMILES string of the molecule is COC(=O)OCCCCCO. The summed E-state index contributed by atoms with van der Waals surface area (Å²) in [6.07, 6.45) is 1.75. The summed E-state index contributed by atoms with van der Waals surface area (Å²) >= 11 is 0. The van der Waals surface area contributed by atoms with Gasteiger partial charge in [-0.05, 0) is 19.3 Å². The van der Waals surface area contributed by atoms with Crippen molar-refractivity contribution >= 4 is 6.16 Å². The third-order valence-corrected chi connectivity index (χ3v) is 1.19. The molecule has 1 N–H and O–H groups in total. The second-order valence-electron chi connectivity index (χ2n) is 2.09. The van der Waals surface area contributed by atoms with Crippen LogP contribution in [0.4, 0.5) is 4.79 Å². The number of hydrogen-bond acceptors (Lipinski definition) is 4. The van der Waals surface area contributed by atoms with Crippen LogP contribution in [0.3, 0.4) is 0 Å². The van der Waals surface area contributed by atoms with Gasteiger partial charge in [-0.1, -0.05) is 0 Å². The molecule has 0 saturated heterocycles. The minimum Gasteiger partial charge on any atom is -0.438 e. The monoisotopic (exact) mass is 162 g/mol. The van der Waals surface area contributed by atoms with Crippen molar-refractivity contribution in [3.63, 3.8) is 0 Å². The number of carbonyl (C=O) groups is 1. The Bertz CT molecular complexity index is 103. The van der Waals surface area contributed by atoms with Gasteiger partial charge in [0.15, 0.2) is 0 Å². The molecule has 0 amide bonds. The van der Waals surface area contributed by atoms with Crippen molar-refractivity contribution in [2.75, 3.05) is 20.3 Å². The summed E-state index contributed by atoms with van der Waals surface area (Å²) in [5.41, 5.74) is 0. The van der Waals surface area contributed by atoms with Gasteiger partial charge in [-0.3, -0.25) is 0 Å². The van der Waals surface area contributed by atoms with Gasteiger partial charge in [0.1, 0.15) is 0 Å². The zero-order valence-corrected chi connectivity index (χ0v) is 6.71. The molecule has 0 radical (unpaired) electrons. The smallest absolute Gasteiger partial charge is 0.438 e. The lowest BCUT2D eigenvalue weighted by molar-refractivity contribution is 0.0711. The highest BCUT2D eigenvalue weighted by molar-refractivity contribution is 5.59. The van der Waals surface area contributed by atoms with Crippen molar-refractivity contribution in [3.8, 4) is 0 Å². The van der Waals surface area contributed by atoms with Gasteiger partial charge in [0, 0.05) is 6.61 Å². The molecule has 4 nitrogen and oxygen atoms in total. The predicted octanol–water partition coefficient (Wildman–Crippen LogP) is 0.932. The van der Waals surface area contributed by atoms with Crippen LogP contribution in [0.5, 0.6) is 0 Å². The van der Waals surface area contributed by atoms with Crippen LogP contribution in [0.1, 0.15) is 19.3 Å². The molecule has 0 aliphatic heterocycles. The Morgan fingerprint density at radius 2 is 2.09 bits per heavy atom. The highest BCUT2D eigenvalue weighted by atomic mass is 16.7. The number of ether oxygens (including phenoxy) is 2. The normalized spacial score (nSPS) is 9.27. The zero-order chi connectivity index (χ0) is 8.53. The van der Waals surface area contributed by atoms with Crippen LogP contribution in [-0.4, -0.2) is 31.6 Å². The van der Waals surface area contributed by atoms with E-state index in [1.54, 1.807) is 0 Å². The Hall–Kier alpha value is -0.770. The molecule has 0 rings (SSSR count). The lowest BCUT2D eigenvalue weighted by Crippen LogP contribution is -2.05. The highest BCUT2D eigenvalue weighted by Gasteiger charge is 1.97. The van der Waals surface area contributed by atoms with E-state index in [0.29, 0.717) is 6.61 Å². The minimum absolute atomic E-state index is 0.193. The third-order valence-electron chi connectivity index (χ3n) is 1.19. The van der Waals surface area contributed by atoms with E-state index in [1.807, 2.05) is 0 Å². The van der Waals surface area contributed by atoms with Gasteiger partial charge >= 0.3 is 6.16 Å². The van der Waals surface area contributed by atoms with Crippen LogP contribution in [0.25, 0.3) is 0 Å². The maximum absolute atomic E-state index is 10.4. The van der Waals surface area contributed by atoms with Crippen LogP contribution in [0.15, 0.2) is 0 Å². The van der Waals surface area contributed by atoms with E-state index in [9.17, 15) is 4.79 Å². The van der Waals surface area contributed by atoms with Gasteiger partial charge in [0.2, 0.25) is 0 Å². The van der Waals surface area contributed by atoms with Crippen molar-refractivity contribution in [2.24, 2.45) is 0 Å². The summed E-state index contributed by atoms with van der Waals surface area (Å²) in [4.78, 5) is 10.4. The molecule has 0 aliphatic carbocycles. The van der Waals surface area contributed by atoms with Crippen LogP contribution in [-0.2, 0) is 9.47 Å². The van der Waals surface area contributed by atoms with Crippen molar-refractivity contribution in [1.82, 2.24) is 0 Å². The molecule has 0 aromatic heterocycles. The summed E-state index contributed by atoms with van der Waals surface area (Å²) < 4.78 is 8.84. The molecule has 66 valence electrons. The molecule has 11 heavy (non-hydrogen) atoms. The second-order valence-corrected chi connectivity index (χ2v) is 2.09. The molecule has 0 saturated carbocycles. The summed E-state index contributed by atoms with van der Waals surface area (Å²) in [6, 6.07) is 0. The number of aliphatic hydroxyl groups excluding tert-OH is 1. The Morgan fingerprint density at radius 3 is 2.64 bits per heavy atom. The molecule has 0 aromatic carbocycles. The number of hydrogen-bond donors (Lipinski definition) is 1. The van der Waals surface area contributed by atoms with Crippen molar-refractivity contribution in [1.29, 1.82) is 0 Å². The quantitative estimate of drug-likeness (QED) is 0.482. The number of carbonyl (C=O) groups excluding carboxylic acids is 1. The molecule has 0 atom stereocenters. The Morgan fingerprint density at radius 1 is 1.36 bits per heavy atom. The fraction of sp³-hybridized carbons (Fsp3) is 0.857. The summed E-state index contributed by atoms with van der Waals surface area (Å²) in [7, 11) is 1.27. The van der Waals surface area contributed by atoms with Gasteiger partial charge in [0.05, 0.1) is 13.7 Å². The molecule has 0 fully saturated rings. The lowest BCUT2D eigenvalue weighted by Gasteiger charge is -2.01. The summed E-state index contributed by atoms with van der Waals surface area (Å²) in [5.74, 6) is 0. The zero-order valence-electron chi connectivity index (χ0n) is 6.71. The molecule has 4 heteroatoms. The van der Waals surface area contributed by atoms with Crippen molar-refractivity contribution in [3.05, 3.63) is 0 Å². The number of unbranched alkanes of at least 4 members (excludes halogenated alkanes) is 2. The Balaban J connectivity index is 2.95. The van der Waals surface area contributed by atoms with E-state index < -0.39 is 6.16 Å². The van der Waals surface area contributed by atoms with Gasteiger partial charge in [0.25, 0.3) is 0 Å². The fourth-order valence-electron chi connectivity index (χ4n) is 0.605. The van der Waals surface area contributed by atoms with E-state index in [0.717, 1.165) is 19.3 Å². The first-order valence-corrected chi connectivity index (χ1v) is 3.63. The van der Waals surface area contributed by atoms with Crippen LogP contribution in [0.2, 0.25) is 0 Å². The third kappa shape index (κ3) is 7.12. The van der Waals surface area contributed by atoms with E-state index >= 15 is 0 Å². The van der Waals surface area contributed by atoms with Crippen molar-refractivity contribution < 1.29 is 19.4 Å². The second kappa shape index (κ2) is 7.34. The van der Waals surface area contributed by atoms with Crippen LogP contribution < -0.4 is 0 Å². The number of aliphatic hydroxyl groups is 1. The average molecular weight is 162 g/mol. The highest BCUT2D eigenvalue weighted by Crippen LogP contribution is 1.95. The van der Waals surface area contributed by atoms with E-state index in [1.165, 1.54) is 7.11 Å². The van der Waals surface area contributed by atoms with Crippen LogP contribution in [0, 0.1) is 0 Å². The van der Waals surface area contributed by atoms with Gasteiger partial charge in [-0.2, -0.15) is 0 Å². The fourth-order valence-corrected chi connectivity index (χ4v) is 0.605. The Kier molecular flexibility index (Phi) is 6.82. The molecule has 0 aromatic rings. The molecule has 0 bridgehead atoms. The summed E-state index contributed by atoms with van der Waals surface area (Å²) in [5, 5.41) is 8.39. The van der Waals surface area contributed by atoms with E-state index in [2.05, 4.69) is 9.47 Å². The standard InChI is InChI=1S/C7H14O4/c1-10-7(9)11-6-4-2-3-5-8/h8H,2-6H2,1H3. The minimum atomic E-state index is -0.644. The molecule has 0 spiro atoms. The van der Waals surface area contributed by atoms with E-state index in [-0.39, 0.29) is 6.61 Å². The molecular weight excluding hydrogens is 148 g/mol.